The predicted octanol–water partition coefficient (Wildman–Crippen LogP) is 3.09. The topological polar surface area (TPSA) is 97.8 Å². The van der Waals surface area contributed by atoms with Crippen molar-refractivity contribution < 1.29 is 33.6 Å². The van der Waals surface area contributed by atoms with Crippen molar-refractivity contribution in [1.29, 1.82) is 0 Å². The van der Waals surface area contributed by atoms with Gasteiger partial charge < -0.3 is 33.9 Å². The fourth-order valence-electron chi connectivity index (χ4n) is 4.06. The number of hydrogen-bond acceptors (Lipinski definition) is 8. The smallest absolute Gasteiger partial charge is 0.295 e. The van der Waals surface area contributed by atoms with Gasteiger partial charge in [-0.05, 0) is 63.0 Å². The molecule has 2 aromatic carbocycles. The number of nitrogens with zero attached hydrogens (tertiary/aromatic N) is 2. The number of hydrogen-bond donors (Lipinski definition) is 1. The van der Waals surface area contributed by atoms with E-state index in [4.69, 9.17) is 18.9 Å². The number of carbonyl (C=O) groups is 2. The van der Waals surface area contributed by atoms with Gasteiger partial charge in [-0.1, -0.05) is 0 Å². The fourth-order valence-corrected chi connectivity index (χ4v) is 4.06. The van der Waals surface area contributed by atoms with Crippen LogP contribution in [0.25, 0.3) is 5.76 Å². The second-order valence-corrected chi connectivity index (χ2v) is 8.21. The van der Waals surface area contributed by atoms with Crippen LogP contribution in [0.5, 0.6) is 23.0 Å². The molecule has 0 spiro atoms. The van der Waals surface area contributed by atoms with Crippen LogP contribution in [0.3, 0.4) is 0 Å². The van der Waals surface area contributed by atoms with Crippen molar-refractivity contribution in [1.82, 2.24) is 9.80 Å². The number of amides is 1. The maximum atomic E-state index is 13.2. The number of methoxy groups -OCH3 is 3. The Bertz CT molecular complexity index is 1080. The van der Waals surface area contributed by atoms with Gasteiger partial charge in [0.25, 0.3) is 11.7 Å². The van der Waals surface area contributed by atoms with E-state index in [9.17, 15) is 14.7 Å². The zero-order valence-electron chi connectivity index (χ0n) is 21.0. The minimum atomic E-state index is -0.852. The van der Waals surface area contributed by atoms with Crippen LogP contribution in [0, 0.1) is 0 Å². The largest absolute Gasteiger partial charge is 0.507 e. The molecule has 0 unspecified atom stereocenters. The molecule has 1 saturated heterocycles. The van der Waals surface area contributed by atoms with Crippen LogP contribution in [0.4, 0.5) is 0 Å². The number of Topliss-reactive ketones (excluding diaryl/α,β-unsaturated/α-hetero) is 1. The van der Waals surface area contributed by atoms with Crippen molar-refractivity contribution in [2.45, 2.75) is 13.0 Å². The molecule has 0 bridgehead atoms. The van der Waals surface area contributed by atoms with Gasteiger partial charge in [-0.3, -0.25) is 9.59 Å². The van der Waals surface area contributed by atoms with E-state index in [2.05, 4.69) is 0 Å². The molecule has 0 aliphatic carbocycles. The lowest BCUT2D eigenvalue weighted by Gasteiger charge is -2.27. The summed E-state index contributed by atoms with van der Waals surface area (Å²) < 4.78 is 21.9. The Kier molecular flexibility index (Phi) is 8.24. The fraction of sp³-hybridized carbons (Fsp3) is 0.385. The van der Waals surface area contributed by atoms with Crippen LogP contribution >= 0.6 is 0 Å². The van der Waals surface area contributed by atoms with E-state index in [1.54, 1.807) is 36.4 Å². The van der Waals surface area contributed by atoms with Crippen molar-refractivity contribution in [3.8, 4) is 23.0 Å². The zero-order valence-corrected chi connectivity index (χ0v) is 21.0. The number of carbonyl (C=O) groups excluding carboxylic acids is 2. The highest BCUT2D eigenvalue weighted by Crippen LogP contribution is 2.45. The number of rotatable bonds is 10. The molecule has 188 valence electrons. The van der Waals surface area contributed by atoms with Gasteiger partial charge in [-0.15, -0.1) is 0 Å². The predicted molar refractivity (Wildman–Crippen MR) is 131 cm³/mol. The van der Waals surface area contributed by atoms with Crippen LogP contribution in [0.2, 0.25) is 0 Å². The van der Waals surface area contributed by atoms with Gasteiger partial charge in [-0.2, -0.15) is 0 Å². The molecule has 0 radical (unpaired) electrons. The molecule has 1 heterocycles. The molecule has 1 aliphatic rings. The third-order valence-corrected chi connectivity index (χ3v) is 5.77. The average Bonchev–Trinajstić information content (AvgIpc) is 3.11. The number of aliphatic hydroxyl groups is 1. The monoisotopic (exact) mass is 484 g/mol. The summed E-state index contributed by atoms with van der Waals surface area (Å²) in [6.07, 6.45) is 0. The molecular weight excluding hydrogens is 452 g/mol. The first kappa shape index (κ1) is 25.9. The Labute approximate surface area is 205 Å². The van der Waals surface area contributed by atoms with E-state index in [1.165, 1.54) is 26.2 Å². The van der Waals surface area contributed by atoms with E-state index in [-0.39, 0.29) is 17.9 Å². The Morgan fingerprint density at radius 2 is 1.60 bits per heavy atom. The number of ether oxygens (including phenoxy) is 4. The number of likely N-dealkylation sites (tertiary alicyclic amines) is 1. The summed E-state index contributed by atoms with van der Waals surface area (Å²) in [5.74, 6) is 0.0684. The number of ketones is 1. The molecule has 1 amide bonds. The second-order valence-electron chi connectivity index (χ2n) is 8.21. The summed E-state index contributed by atoms with van der Waals surface area (Å²) in [4.78, 5) is 29.7. The summed E-state index contributed by atoms with van der Waals surface area (Å²) in [7, 11) is 8.24. The molecule has 1 fully saturated rings. The first-order valence-corrected chi connectivity index (χ1v) is 11.2. The summed E-state index contributed by atoms with van der Waals surface area (Å²) in [5, 5.41) is 11.3. The standard InChI is InChI=1S/C26H32N2O7/c1-7-35-18-10-8-16(9-11-18)23(29)21-22(28(13-12-27(2)3)26(31)24(21)30)17-14-19(32-4)25(34-6)20(15-17)33-5/h8-11,14-15,22,29H,7,12-13H2,1-6H3/t22-/m0/s1. The van der Waals surface area contributed by atoms with Gasteiger partial charge in [0, 0.05) is 18.7 Å². The lowest BCUT2D eigenvalue weighted by atomic mass is 9.94. The highest BCUT2D eigenvalue weighted by molar-refractivity contribution is 6.46. The molecule has 9 heteroatoms. The molecule has 35 heavy (non-hydrogen) atoms. The van der Waals surface area contributed by atoms with Crippen LogP contribution in [-0.4, -0.2) is 81.7 Å². The van der Waals surface area contributed by atoms with Crippen molar-refractivity contribution in [3.63, 3.8) is 0 Å². The molecule has 9 nitrogen and oxygen atoms in total. The van der Waals surface area contributed by atoms with E-state index >= 15 is 0 Å². The minimum Gasteiger partial charge on any atom is -0.507 e. The SMILES string of the molecule is CCOc1ccc(C(O)=C2C(=O)C(=O)N(CCN(C)C)[C@H]2c2cc(OC)c(OC)c(OC)c2)cc1. The Hall–Kier alpha value is -3.72. The molecular formula is C26H32N2O7. The van der Waals surface area contributed by atoms with Gasteiger partial charge in [0.2, 0.25) is 5.75 Å². The Morgan fingerprint density at radius 1 is 1.00 bits per heavy atom. The number of benzene rings is 2. The van der Waals surface area contributed by atoms with Crippen LogP contribution in [0.15, 0.2) is 42.0 Å². The quantitative estimate of drug-likeness (QED) is 0.312. The van der Waals surface area contributed by atoms with Crippen LogP contribution in [0.1, 0.15) is 24.1 Å². The maximum absolute atomic E-state index is 13.2. The minimum absolute atomic E-state index is 0.00723. The lowest BCUT2D eigenvalue weighted by molar-refractivity contribution is -0.140. The molecule has 3 rings (SSSR count). The van der Waals surface area contributed by atoms with Gasteiger partial charge in [-0.25, -0.2) is 0 Å². The maximum Gasteiger partial charge on any atom is 0.295 e. The van der Waals surface area contributed by atoms with Crippen molar-refractivity contribution in [2.75, 3.05) is 55.1 Å². The molecule has 1 atom stereocenters. The molecule has 0 saturated carbocycles. The van der Waals surface area contributed by atoms with E-state index in [1.807, 2.05) is 25.9 Å². The van der Waals surface area contributed by atoms with Gasteiger partial charge in [0.15, 0.2) is 11.5 Å². The second kappa shape index (κ2) is 11.1. The zero-order chi connectivity index (χ0) is 25.7. The Balaban J connectivity index is 2.21. The molecule has 2 aromatic rings. The van der Waals surface area contributed by atoms with Crippen LogP contribution < -0.4 is 18.9 Å². The van der Waals surface area contributed by atoms with Gasteiger partial charge in [0.05, 0.1) is 39.6 Å². The molecule has 0 aromatic heterocycles. The number of likely N-dealkylation sites (N-methyl/N-ethyl adjacent to an activating group) is 1. The summed E-state index contributed by atoms with van der Waals surface area (Å²) >= 11 is 0. The molecule has 1 aliphatic heterocycles. The van der Waals surface area contributed by atoms with Gasteiger partial charge >= 0.3 is 0 Å². The number of aliphatic hydroxyl groups excluding tert-OH is 1. The average molecular weight is 485 g/mol. The third kappa shape index (κ3) is 5.19. The summed E-state index contributed by atoms with van der Waals surface area (Å²) in [6, 6.07) is 9.23. The normalized spacial score (nSPS) is 17.1. The summed E-state index contributed by atoms with van der Waals surface area (Å²) in [6.45, 7) is 3.18. The highest BCUT2D eigenvalue weighted by Gasteiger charge is 2.46. The first-order chi connectivity index (χ1) is 16.8. The summed E-state index contributed by atoms with van der Waals surface area (Å²) in [5.41, 5.74) is 0.939. The Morgan fingerprint density at radius 3 is 2.09 bits per heavy atom. The van der Waals surface area contributed by atoms with Crippen molar-refractivity contribution in [2.24, 2.45) is 0 Å². The van der Waals surface area contributed by atoms with Crippen molar-refractivity contribution >= 4 is 17.4 Å². The van der Waals surface area contributed by atoms with E-state index < -0.39 is 17.7 Å². The van der Waals surface area contributed by atoms with Gasteiger partial charge in [0.1, 0.15) is 11.5 Å². The van der Waals surface area contributed by atoms with E-state index in [0.29, 0.717) is 47.3 Å². The lowest BCUT2D eigenvalue weighted by Crippen LogP contribution is -2.35. The van der Waals surface area contributed by atoms with Crippen LogP contribution in [-0.2, 0) is 9.59 Å². The van der Waals surface area contributed by atoms with E-state index in [0.717, 1.165) is 0 Å². The van der Waals surface area contributed by atoms with Crippen molar-refractivity contribution in [3.05, 3.63) is 53.1 Å². The third-order valence-electron chi connectivity index (χ3n) is 5.77. The first-order valence-electron chi connectivity index (χ1n) is 11.2. The highest BCUT2D eigenvalue weighted by atomic mass is 16.5. The molecule has 1 N–H and O–H groups in total.